The Kier molecular flexibility index (Phi) is 3.91. The molecule has 0 amide bonds. The van der Waals surface area contributed by atoms with Crippen LogP contribution in [0, 0.1) is 0 Å². The Labute approximate surface area is 191 Å². The summed E-state index contributed by atoms with van der Waals surface area (Å²) in [6.07, 6.45) is 4.45. The minimum absolute atomic E-state index is 0.652. The third-order valence-corrected chi connectivity index (χ3v) is 6.50. The van der Waals surface area contributed by atoms with Crippen molar-refractivity contribution in [2.24, 2.45) is 0 Å². The maximum absolute atomic E-state index is 5.91. The fourth-order valence-electron chi connectivity index (χ4n) is 4.93. The van der Waals surface area contributed by atoms with Crippen molar-refractivity contribution in [3.05, 3.63) is 114 Å². The third kappa shape index (κ3) is 2.86. The predicted octanol–water partition coefficient (Wildman–Crippen LogP) is 7.65. The molecule has 1 aliphatic rings. The highest BCUT2D eigenvalue weighted by molar-refractivity contribution is 6.01. The predicted molar refractivity (Wildman–Crippen MR) is 135 cm³/mol. The molecule has 0 atom stereocenters. The van der Waals surface area contributed by atoms with E-state index in [0.717, 1.165) is 28.8 Å². The van der Waals surface area contributed by atoms with Gasteiger partial charge in [-0.25, -0.2) is 4.98 Å². The van der Waals surface area contributed by atoms with Crippen molar-refractivity contribution < 1.29 is 4.42 Å². The van der Waals surface area contributed by atoms with E-state index in [2.05, 4.69) is 94.5 Å². The van der Waals surface area contributed by atoms with Crippen LogP contribution in [0.25, 0.3) is 56.9 Å². The van der Waals surface area contributed by atoms with Crippen molar-refractivity contribution in [3.8, 4) is 22.7 Å². The van der Waals surface area contributed by atoms with Crippen LogP contribution in [-0.2, 0) is 6.54 Å². The fourth-order valence-corrected chi connectivity index (χ4v) is 4.93. The monoisotopic (exact) mass is 424 g/mol. The van der Waals surface area contributed by atoms with E-state index in [4.69, 9.17) is 4.42 Å². The second kappa shape index (κ2) is 7.07. The second-order valence-electron chi connectivity index (χ2n) is 8.46. The first-order valence-corrected chi connectivity index (χ1v) is 11.2. The zero-order valence-corrected chi connectivity index (χ0v) is 17.9. The van der Waals surface area contributed by atoms with Gasteiger partial charge < -0.3 is 8.98 Å². The standard InChI is InChI=1S/C30H20N2O/c1-2-8-23-22(7-1)19-32-27-11-5-3-9-24(27)25(29(23)32)18-15-20-13-16-21(17-14-20)30-31-26-10-4-6-12-28(26)33-30/h1-18H,19H2. The van der Waals surface area contributed by atoms with Crippen molar-refractivity contribution in [2.75, 3.05) is 0 Å². The van der Waals surface area contributed by atoms with E-state index < -0.39 is 0 Å². The van der Waals surface area contributed by atoms with Crippen molar-refractivity contribution >= 4 is 34.2 Å². The first kappa shape index (κ1) is 18.2. The van der Waals surface area contributed by atoms with Crippen LogP contribution in [0.2, 0.25) is 0 Å². The molecule has 0 N–H and O–H groups in total. The van der Waals surface area contributed by atoms with Gasteiger partial charge in [-0.2, -0.15) is 0 Å². The molecular formula is C30H20N2O. The van der Waals surface area contributed by atoms with Gasteiger partial charge in [0.1, 0.15) is 5.52 Å². The van der Waals surface area contributed by atoms with Gasteiger partial charge in [0.2, 0.25) is 5.89 Å². The van der Waals surface area contributed by atoms with Crippen LogP contribution in [0.4, 0.5) is 0 Å². The average Bonchev–Trinajstić information content (AvgIpc) is 3.54. The molecule has 156 valence electrons. The summed E-state index contributed by atoms with van der Waals surface area (Å²) in [4.78, 5) is 4.61. The zero-order valence-electron chi connectivity index (χ0n) is 17.9. The molecule has 7 rings (SSSR count). The molecule has 0 spiro atoms. The van der Waals surface area contributed by atoms with Crippen molar-refractivity contribution in [3.63, 3.8) is 0 Å². The van der Waals surface area contributed by atoms with E-state index in [1.54, 1.807) is 0 Å². The molecule has 1 aliphatic heterocycles. The Hall–Kier alpha value is -4.37. The summed E-state index contributed by atoms with van der Waals surface area (Å²) in [5.74, 6) is 0.652. The molecule has 3 heterocycles. The van der Waals surface area contributed by atoms with Crippen LogP contribution in [-0.4, -0.2) is 9.55 Å². The Morgan fingerprint density at radius 2 is 1.55 bits per heavy atom. The summed E-state index contributed by atoms with van der Waals surface area (Å²) < 4.78 is 8.35. The van der Waals surface area contributed by atoms with E-state index in [1.807, 2.05) is 24.3 Å². The minimum atomic E-state index is 0.652. The van der Waals surface area contributed by atoms with Crippen LogP contribution in [0.3, 0.4) is 0 Å². The number of nitrogens with zero attached hydrogens (tertiary/aromatic N) is 2. The lowest BCUT2D eigenvalue weighted by Crippen LogP contribution is -1.91. The molecule has 0 radical (unpaired) electrons. The second-order valence-corrected chi connectivity index (χ2v) is 8.46. The number of benzene rings is 4. The quantitative estimate of drug-likeness (QED) is 0.292. The molecule has 2 aromatic heterocycles. The topological polar surface area (TPSA) is 31.0 Å². The highest BCUT2D eigenvalue weighted by Crippen LogP contribution is 2.41. The molecule has 3 heteroatoms. The van der Waals surface area contributed by atoms with Gasteiger partial charge >= 0.3 is 0 Å². The van der Waals surface area contributed by atoms with Gasteiger partial charge in [0, 0.05) is 34.1 Å². The smallest absolute Gasteiger partial charge is 0.227 e. The van der Waals surface area contributed by atoms with Crippen LogP contribution >= 0.6 is 0 Å². The van der Waals surface area contributed by atoms with E-state index in [1.165, 1.54) is 33.3 Å². The minimum Gasteiger partial charge on any atom is -0.436 e. The Bertz CT molecular complexity index is 1650. The Morgan fingerprint density at radius 1 is 0.758 bits per heavy atom. The number of fused-ring (bicyclic) bond motifs is 6. The van der Waals surface area contributed by atoms with Crippen molar-refractivity contribution in [1.82, 2.24) is 9.55 Å². The van der Waals surface area contributed by atoms with E-state index >= 15 is 0 Å². The zero-order chi connectivity index (χ0) is 21.8. The van der Waals surface area contributed by atoms with Gasteiger partial charge in [-0.05, 0) is 41.5 Å². The van der Waals surface area contributed by atoms with Gasteiger partial charge in [0.25, 0.3) is 0 Å². The Balaban J connectivity index is 1.27. The van der Waals surface area contributed by atoms with Crippen LogP contribution in [0.15, 0.2) is 101 Å². The SMILES string of the molecule is C(=Cc1c2n(c3ccccc13)Cc1ccccc1-2)c1ccc(-c2nc3ccccc3o2)cc1. The van der Waals surface area contributed by atoms with Gasteiger partial charge in [-0.3, -0.25) is 0 Å². The summed E-state index contributed by atoms with van der Waals surface area (Å²) in [6, 6.07) is 33.6. The number of rotatable bonds is 3. The molecule has 0 unspecified atom stereocenters. The molecule has 0 fully saturated rings. The van der Waals surface area contributed by atoms with E-state index in [9.17, 15) is 0 Å². The number of hydrogen-bond acceptors (Lipinski definition) is 2. The number of hydrogen-bond donors (Lipinski definition) is 0. The molecule has 0 saturated heterocycles. The van der Waals surface area contributed by atoms with Gasteiger partial charge in [0.05, 0.1) is 5.69 Å². The number of para-hydroxylation sites is 3. The summed E-state index contributed by atoms with van der Waals surface area (Å²) in [6.45, 7) is 0.930. The summed E-state index contributed by atoms with van der Waals surface area (Å²) in [7, 11) is 0. The molecule has 4 aromatic carbocycles. The molecule has 0 bridgehead atoms. The average molecular weight is 425 g/mol. The number of oxazole rings is 1. The van der Waals surface area contributed by atoms with Crippen LogP contribution in [0.1, 0.15) is 16.7 Å². The normalized spacial score (nSPS) is 12.6. The van der Waals surface area contributed by atoms with E-state index in [0.29, 0.717) is 5.89 Å². The van der Waals surface area contributed by atoms with Gasteiger partial charge in [-0.1, -0.05) is 78.9 Å². The first-order chi connectivity index (χ1) is 16.3. The summed E-state index contributed by atoms with van der Waals surface area (Å²) in [5.41, 5.74) is 10.4. The molecule has 33 heavy (non-hydrogen) atoms. The maximum Gasteiger partial charge on any atom is 0.227 e. The molecular weight excluding hydrogens is 404 g/mol. The first-order valence-electron chi connectivity index (χ1n) is 11.2. The fraction of sp³-hybridized carbons (Fsp3) is 0.0333. The highest BCUT2D eigenvalue weighted by atomic mass is 16.3. The maximum atomic E-state index is 5.91. The van der Waals surface area contributed by atoms with E-state index in [-0.39, 0.29) is 0 Å². The lowest BCUT2D eigenvalue weighted by Gasteiger charge is -2.01. The summed E-state index contributed by atoms with van der Waals surface area (Å²) in [5, 5.41) is 1.29. The molecule has 6 aromatic rings. The molecule has 0 aliphatic carbocycles. The van der Waals surface area contributed by atoms with Crippen molar-refractivity contribution in [1.29, 1.82) is 0 Å². The third-order valence-electron chi connectivity index (χ3n) is 6.50. The van der Waals surface area contributed by atoms with Crippen LogP contribution in [0.5, 0.6) is 0 Å². The summed E-state index contributed by atoms with van der Waals surface area (Å²) >= 11 is 0. The number of aromatic nitrogens is 2. The van der Waals surface area contributed by atoms with Crippen LogP contribution < -0.4 is 0 Å². The van der Waals surface area contributed by atoms with Crippen molar-refractivity contribution in [2.45, 2.75) is 6.54 Å². The van der Waals surface area contributed by atoms with Gasteiger partial charge in [-0.15, -0.1) is 0 Å². The lowest BCUT2D eigenvalue weighted by atomic mass is 10.0. The largest absolute Gasteiger partial charge is 0.436 e. The van der Waals surface area contributed by atoms with Gasteiger partial charge in [0.15, 0.2) is 5.58 Å². The highest BCUT2D eigenvalue weighted by Gasteiger charge is 2.24. The lowest BCUT2D eigenvalue weighted by molar-refractivity contribution is 0.620. The molecule has 0 saturated carbocycles. The molecule has 3 nitrogen and oxygen atoms in total. The Morgan fingerprint density at radius 3 is 2.45 bits per heavy atom.